The molecule has 3 nitrogen and oxygen atoms in total. The maximum absolute atomic E-state index is 11.7. The third-order valence-electron chi connectivity index (χ3n) is 3.10. The van der Waals surface area contributed by atoms with Crippen molar-refractivity contribution < 1.29 is 9.53 Å². The third kappa shape index (κ3) is 3.61. The highest BCUT2D eigenvalue weighted by atomic mass is 16.5. The third-order valence-corrected chi connectivity index (χ3v) is 3.10. The lowest BCUT2D eigenvalue weighted by Gasteiger charge is -2.13. The van der Waals surface area contributed by atoms with Gasteiger partial charge in [0.2, 0.25) is 0 Å². The van der Waals surface area contributed by atoms with E-state index in [2.05, 4.69) is 10.8 Å². The lowest BCUT2D eigenvalue weighted by atomic mass is 10.1. The van der Waals surface area contributed by atoms with Gasteiger partial charge < -0.3 is 4.74 Å². The summed E-state index contributed by atoms with van der Waals surface area (Å²) in [6.45, 7) is 2.36. The molecule has 3 heteroatoms. The number of terminal acetylenes is 1. The van der Waals surface area contributed by atoms with Gasteiger partial charge in [-0.25, -0.2) is 0 Å². The van der Waals surface area contributed by atoms with Gasteiger partial charge in [0, 0.05) is 19.0 Å². The van der Waals surface area contributed by atoms with Crippen LogP contribution in [-0.2, 0) is 16.1 Å². The van der Waals surface area contributed by atoms with Crippen molar-refractivity contribution in [1.82, 2.24) is 4.90 Å². The molecule has 0 spiro atoms. The van der Waals surface area contributed by atoms with E-state index in [0.29, 0.717) is 13.2 Å². The molecule has 0 unspecified atom stereocenters. The van der Waals surface area contributed by atoms with Crippen LogP contribution in [0.2, 0.25) is 0 Å². The second kappa shape index (κ2) is 6.23. The van der Waals surface area contributed by atoms with Crippen LogP contribution in [0.5, 0.6) is 0 Å². The first-order valence-corrected chi connectivity index (χ1v) is 6.16. The minimum atomic E-state index is -0.184. The lowest BCUT2D eigenvalue weighted by molar-refractivity contribution is -0.146. The summed E-state index contributed by atoms with van der Waals surface area (Å²) in [6.07, 6.45) is 6.34. The van der Waals surface area contributed by atoms with Crippen molar-refractivity contribution in [3.8, 4) is 12.3 Å². The molecule has 94 valence electrons. The van der Waals surface area contributed by atoms with E-state index in [-0.39, 0.29) is 11.9 Å². The fraction of sp³-hybridized carbons (Fsp3) is 0.400. The van der Waals surface area contributed by atoms with Crippen LogP contribution in [0.25, 0.3) is 0 Å². The molecule has 0 aliphatic carbocycles. The van der Waals surface area contributed by atoms with Crippen LogP contribution >= 0.6 is 0 Å². The summed E-state index contributed by atoms with van der Waals surface area (Å²) >= 11 is 0. The topological polar surface area (TPSA) is 29.5 Å². The van der Waals surface area contributed by atoms with Crippen molar-refractivity contribution >= 4 is 5.97 Å². The molecule has 0 aromatic heterocycles. The quantitative estimate of drug-likeness (QED) is 0.595. The monoisotopic (exact) mass is 243 g/mol. The molecule has 0 radical (unpaired) electrons. The molecule has 1 heterocycles. The molecule has 1 atom stereocenters. The Morgan fingerprint density at radius 3 is 2.89 bits per heavy atom. The Bertz CT molecular complexity index is 436. The lowest BCUT2D eigenvalue weighted by Crippen LogP contribution is -2.28. The van der Waals surface area contributed by atoms with Crippen molar-refractivity contribution in [2.45, 2.75) is 13.0 Å². The molecule has 0 amide bonds. The molecule has 1 saturated heterocycles. The van der Waals surface area contributed by atoms with Crippen LogP contribution in [0.4, 0.5) is 0 Å². The zero-order valence-electron chi connectivity index (χ0n) is 10.3. The molecular weight excluding hydrogens is 226 g/mol. The molecule has 1 fully saturated rings. The van der Waals surface area contributed by atoms with E-state index in [1.807, 2.05) is 30.3 Å². The van der Waals surface area contributed by atoms with E-state index in [9.17, 15) is 4.79 Å². The van der Waals surface area contributed by atoms with Crippen molar-refractivity contribution in [2.24, 2.45) is 5.92 Å². The molecule has 1 aliphatic rings. The molecule has 1 aromatic carbocycles. The Kier molecular flexibility index (Phi) is 4.38. The van der Waals surface area contributed by atoms with Crippen molar-refractivity contribution in [3.63, 3.8) is 0 Å². The fourth-order valence-corrected chi connectivity index (χ4v) is 2.08. The second-order valence-corrected chi connectivity index (χ2v) is 4.53. The molecule has 1 aliphatic heterocycles. The van der Waals surface area contributed by atoms with Gasteiger partial charge in [-0.2, -0.15) is 0 Å². The van der Waals surface area contributed by atoms with E-state index >= 15 is 0 Å². The molecule has 0 saturated carbocycles. The van der Waals surface area contributed by atoms with Gasteiger partial charge in [0.1, 0.15) is 6.61 Å². The van der Waals surface area contributed by atoms with E-state index in [4.69, 9.17) is 11.2 Å². The van der Waals surface area contributed by atoms with Crippen LogP contribution in [0, 0.1) is 18.3 Å². The van der Waals surface area contributed by atoms with Crippen LogP contribution in [-0.4, -0.2) is 30.5 Å². The second-order valence-electron chi connectivity index (χ2n) is 4.53. The molecular formula is C15H17NO2. The highest BCUT2D eigenvalue weighted by Gasteiger charge is 2.22. The summed E-state index contributed by atoms with van der Waals surface area (Å²) in [5.74, 6) is 2.83. The minimum Gasteiger partial charge on any atom is -0.460 e. The van der Waals surface area contributed by atoms with Gasteiger partial charge in [-0.3, -0.25) is 9.69 Å². The van der Waals surface area contributed by atoms with E-state index in [0.717, 1.165) is 25.1 Å². The number of benzene rings is 1. The normalized spacial score (nSPS) is 19.4. The van der Waals surface area contributed by atoms with Crippen molar-refractivity contribution in [3.05, 3.63) is 35.9 Å². The van der Waals surface area contributed by atoms with E-state index < -0.39 is 0 Å². The Labute approximate surface area is 108 Å². The average Bonchev–Trinajstić information content (AvgIpc) is 2.85. The molecule has 18 heavy (non-hydrogen) atoms. The van der Waals surface area contributed by atoms with Crippen molar-refractivity contribution in [2.75, 3.05) is 19.6 Å². The number of rotatable bonds is 4. The summed E-state index contributed by atoms with van der Waals surface area (Å²) in [6, 6.07) is 9.69. The predicted molar refractivity (Wildman–Crippen MR) is 69.6 cm³/mol. The van der Waals surface area contributed by atoms with E-state index in [1.54, 1.807) is 0 Å². The fourth-order valence-electron chi connectivity index (χ4n) is 2.08. The minimum absolute atomic E-state index is 0.184. The number of carbonyl (C=O) groups excluding carboxylic acids is 1. The average molecular weight is 243 g/mol. The van der Waals surface area contributed by atoms with Crippen LogP contribution in [0.1, 0.15) is 12.0 Å². The number of nitrogens with zero attached hydrogens (tertiary/aromatic N) is 1. The van der Waals surface area contributed by atoms with E-state index in [1.165, 1.54) is 0 Å². The molecule has 0 N–H and O–H groups in total. The summed E-state index contributed by atoms with van der Waals surface area (Å²) in [5.41, 5.74) is 1.01. The zero-order chi connectivity index (χ0) is 12.8. The number of hydrogen-bond acceptors (Lipinski definition) is 3. The molecule has 2 rings (SSSR count). The highest BCUT2D eigenvalue weighted by Crippen LogP contribution is 2.14. The number of hydrogen-bond donors (Lipinski definition) is 0. The first-order valence-electron chi connectivity index (χ1n) is 6.16. The predicted octanol–water partition coefficient (Wildman–Crippen LogP) is 1.68. The first-order chi connectivity index (χ1) is 8.78. The van der Waals surface area contributed by atoms with Gasteiger partial charge in [0.05, 0.1) is 6.54 Å². The van der Waals surface area contributed by atoms with Crippen LogP contribution < -0.4 is 0 Å². The van der Waals surface area contributed by atoms with Gasteiger partial charge in [0.25, 0.3) is 0 Å². The standard InChI is InChI=1S/C15H17NO2/c1-2-13-8-9-16(10-13)11-15(17)18-12-14-6-4-3-5-7-14/h1,3-7,13H,8-12H2/t13-/m1/s1. The molecule has 1 aromatic rings. The zero-order valence-corrected chi connectivity index (χ0v) is 10.3. The van der Waals surface area contributed by atoms with Gasteiger partial charge >= 0.3 is 5.97 Å². The Hall–Kier alpha value is -1.79. The summed E-state index contributed by atoms with van der Waals surface area (Å²) in [5, 5.41) is 0. The Morgan fingerprint density at radius 2 is 2.22 bits per heavy atom. The summed E-state index contributed by atoms with van der Waals surface area (Å²) in [7, 11) is 0. The van der Waals surface area contributed by atoms with Gasteiger partial charge in [-0.1, -0.05) is 30.3 Å². The summed E-state index contributed by atoms with van der Waals surface area (Å²) in [4.78, 5) is 13.7. The largest absolute Gasteiger partial charge is 0.460 e. The van der Waals surface area contributed by atoms with Crippen molar-refractivity contribution in [1.29, 1.82) is 0 Å². The Morgan fingerprint density at radius 1 is 1.44 bits per heavy atom. The van der Waals surface area contributed by atoms with Crippen LogP contribution in [0.3, 0.4) is 0 Å². The number of likely N-dealkylation sites (tertiary alicyclic amines) is 1. The maximum atomic E-state index is 11.7. The van der Waals surface area contributed by atoms with Gasteiger partial charge in [-0.15, -0.1) is 12.3 Å². The van der Waals surface area contributed by atoms with Gasteiger partial charge in [0.15, 0.2) is 0 Å². The number of carbonyl (C=O) groups is 1. The SMILES string of the molecule is C#C[C@@H]1CCN(CC(=O)OCc2ccccc2)C1. The summed E-state index contributed by atoms with van der Waals surface area (Å²) < 4.78 is 5.23. The molecule has 0 bridgehead atoms. The smallest absolute Gasteiger partial charge is 0.320 e. The van der Waals surface area contributed by atoms with Crippen LogP contribution in [0.15, 0.2) is 30.3 Å². The number of esters is 1. The first kappa shape index (κ1) is 12.7. The highest BCUT2D eigenvalue weighted by molar-refractivity contribution is 5.71. The number of ether oxygens (including phenoxy) is 1. The maximum Gasteiger partial charge on any atom is 0.320 e. The van der Waals surface area contributed by atoms with Gasteiger partial charge in [-0.05, 0) is 12.0 Å². The Balaban J connectivity index is 1.72.